The molecule has 2 heterocycles. The number of para-hydroxylation sites is 1. The first-order valence-electron chi connectivity index (χ1n) is 7.67. The van der Waals surface area contributed by atoms with Crippen LogP contribution in [0.1, 0.15) is 0 Å². The molecule has 3 aromatic rings. The quantitative estimate of drug-likeness (QED) is 0.662. The Balaban J connectivity index is 1.71. The van der Waals surface area contributed by atoms with E-state index >= 15 is 0 Å². The Labute approximate surface area is 144 Å². The van der Waals surface area contributed by atoms with Crippen LogP contribution < -0.4 is 19.1 Å². The van der Waals surface area contributed by atoms with Crippen LogP contribution in [0.25, 0.3) is 0 Å². The number of pyridine rings is 1. The van der Waals surface area contributed by atoms with Crippen molar-refractivity contribution in [3.8, 4) is 23.1 Å². The van der Waals surface area contributed by atoms with Gasteiger partial charge in [0.2, 0.25) is 19.1 Å². The first-order valence-corrected chi connectivity index (χ1v) is 7.67. The van der Waals surface area contributed by atoms with Gasteiger partial charge in [-0.1, -0.05) is 18.2 Å². The number of hydrogen-bond acceptors (Lipinski definition) is 5. The van der Waals surface area contributed by atoms with Crippen LogP contribution in [0.2, 0.25) is 0 Å². The molecule has 0 saturated carbocycles. The molecule has 0 aliphatic carbocycles. The highest BCUT2D eigenvalue weighted by Gasteiger charge is 2.19. The second-order valence-electron chi connectivity index (χ2n) is 5.26. The Morgan fingerprint density at radius 1 is 1.00 bits per heavy atom. The molecule has 2 aromatic carbocycles. The maximum absolute atomic E-state index is 11.8. The molecular weight excluding hydrogens is 320 g/mol. The maximum Gasteiger partial charge on any atom is 0.243 e. The van der Waals surface area contributed by atoms with E-state index in [9.17, 15) is 4.79 Å². The smallest absolute Gasteiger partial charge is 0.243 e. The fraction of sp³-hybridized carbons (Fsp3) is 0.0526. The summed E-state index contributed by atoms with van der Waals surface area (Å²) in [6.07, 6.45) is 2.33. The first kappa shape index (κ1) is 15.0. The van der Waals surface area contributed by atoms with E-state index in [1.165, 1.54) is 4.90 Å². The molecule has 0 radical (unpaired) electrons. The van der Waals surface area contributed by atoms with Crippen molar-refractivity contribution in [1.82, 2.24) is 4.98 Å². The SMILES string of the molecule is O=CN(c1ccc2c(c1)OCO2)c1cccnc1Oc1ccccc1. The summed E-state index contributed by atoms with van der Waals surface area (Å²) < 4.78 is 16.5. The van der Waals surface area contributed by atoms with E-state index < -0.39 is 0 Å². The average molecular weight is 334 g/mol. The predicted octanol–water partition coefficient (Wildman–Crippen LogP) is 3.90. The van der Waals surface area contributed by atoms with Crippen LogP contribution in [-0.2, 0) is 4.79 Å². The van der Waals surface area contributed by atoms with Gasteiger partial charge in [-0.15, -0.1) is 0 Å². The Morgan fingerprint density at radius 2 is 1.84 bits per heavy atom. The van der Waals surface area contributed by atoms with E-state index in [1.807, 2.05) is 30.3 Å². The van der Waals surface area contributed by atoms with Gasteiger partial charge in [-0.05, 0) is 36.4 Å². The fourth-order valence-electron chi connectivity index (χ4n) is 2.54. The second kappa shape index (κ2) is 6.52. The molecule has 25 heavy (non-hydrogen) atoms. The lowest BCUT2D eigenvalue weighted by Crippen LogP contribution is -2.15. The average Bonchev–Trinajstić information content (AvgIpc) is 3.12. The van der Waals surface area contributed by atoms with Crippen molar-refractivity contribution in [2.24, 2.45) is 0 Å². The molecule has 0 fully saturated rings. The number of carbonyl (C=O) groups excluding carboxylic acids is 1. The highest BCUT2D eigenvalue weighted by molar-refractivity contribution is 5.89. The zero-order valence-corrected chi connectivity index (χ0v) is 13.2. The van der Waals surface area contributed by atoms with Crippen molar-refractivity contribution in [1.29, 1.82) is 0 Å². The predicted molar refractivity (Wildman–Crippen MR) is 91.5 cm³/mol. The van der Waals surface area contributed by atoms with Crippen LogP contribution >= 0.6 is 0 Å². The zero-order chi connectivity index (χ0) is 17.1. The molecule has 0 N–H and O–H groups in total. The number of amides is 1. The number of anilines is 2. The third kappa shape index (κ3) is 2.97. The number of fused-ring (bicyclic) bond motifs is 1. The molecule has 1 amide bonds. The summed E-state index contributed by atoms with van der Waals surface area (Å²) in [6, 6.07) is 18.1. The monoisotopic (exact) mass is 334 g/mol. The van der Waals surface area contributed by atoms with Crippen molar-refractivity contribution in [3.05, 3.63) is 66.9 Å². The van der Waals surface area contributed by atoms with Crippen LogP contribution in [0.15, 0.2) is 66.9 Å². The van der Waals surface area contributed by atoms with Crippen LogP contribution in [-0.4, -0.2) is 18.2 Å². The van der Waals surface area contributed by atoms with Gasteiger partial charge in [0.05, 0.1) is 5.69 Å². The number of nitrogens with zero attached hydrogens (tertiary/aromatic N) is 2. The number of rotatable bonds is 5. The largest absolute Gasteiger partial charge is 0.454 e. The van der Waals surface area contributed by atoms with Gasteiger partial charge in [0.25, 0.3) is 0 Å². The van der Waals surface area contributed by atoms with E-state index in [4.69, 9.17) is 14.2 Å². The molecule has 4 rings (SSSR count). The van der Waals surface area contributed by atoms with Crippen LogP contribution in [0.3, 0.4) is 0 Å². The molecule has 1 aliphatic heterocycles. The second-order valence-corrected chi connectivity index (χ2v) is 5.26. The minimum atomic E-state index is 0.176. The van der Waals surface area contributed by atoms with E-state index in [2.05, 4.69) is 4.98 Å². The molecule has 0 bridgehead atoms. The Kier molecular flexibility index (Phi) is 3.92. The minimum absolute atomic E-state index is 0.176. The molecular formula is C19H14N2O4. The summed E-state index contributed by atoms with van der Waals surface area (Å²) in [7, 11) is 0. The van der Waals surface area contributed by atoms with Gasteiger partial charge in [0.1, 0.15) is 11.4 Å². The molecule has 1 aliphatic rings. The highest BCUT2D eigenvalue weighted by Crippen LogP contribution is 2.39. The lowest BCUT2D eigenvalue weighted by Gasteiger charge is -2.20. The minimum Gasteiger partial charge on any atom is -0.454 e. The molecule has 6 nitrogen and oxygen atoms in total. The van der Waals surface area contributed by atoms with Gasteiger partial charge in [-0.2, -0.15) is 0 Å². The summed E-state index contributed by atoms with van der Waals surface area (Å²) in [4.78, 5) is 17.5. The van der Waals surface area contributed by atoms with E-state index in [-0.39, 0.29) is 6.79 Å². The topological polar surface area (TPSA) is 60.9 Å². The maximum atomic E-state index is 11.8. The summed E-state index contributed by atoms with van der Waals surface area (Å²) >= 11 is 0. The number of hydrogen-bond donors (Lipinski definition) is 0. The standard InChI is InChI=1S/C19H14N2O4/c22-12-21(14-8-9-17-18(11-14)24-13-23-17)16-7-4-10-20-19(16)25-15-5-2-1-3-6-15/h1-12H,13H2. The van der Waals surface area contributed by atoms with Crippen molar-refractivity contribution < 1.29 is 19.0 Å². The van der Waals surface area contributed by atoms with Crippen molar-refractivity contribution in [2.75, 3.05) is 11.7 Å². The number of carbonyl (C=O) groups is 1. The first-order chi connectivity index (χ1) is 12.3. The lowest BCUT2D eigenvalue weighted by atomic mass is 10.2. The molecule has 6 heteroatoms. The number of aromatic nitrogens is 1. The van der Waals surface area contributed by atoms with Crippen molar-refractivity contribution in [2.45, 2.75) is 0 Å². The van der Waals surface area contributed by atoms with Gasteiger partial charge in [-0.25, -0.2) is 4.98 Å². The van der Waals surface area contributed by atoms with Crippen molar-refractivity contribution >= 4 is 17.8 Å². The van der Waals surface area contributed by atoms with Gasteiger partial charge >= 0.3 is 0 Å². The molecule has 1 aromatic heterocycles. The summed E-state index contributed by atoms with van der Waals surface area (Å²) in [5.41, 5.74) is 1.16. The molecule has 0 unspecified atom stereocenters. The van der Waals surface area contributed by atoms with Gasteiger partial charge in [0.15, 0.2) is 11.5 Å². The normalized spacial score (nSPS) is 11.8. The van der Waals surface area contributed by atoms with Crippen LogP contribution in [0.4, 0.5) is 11.4 Å². The fourth-order valence-corrected chi connectivity index (χ4v) is 2.54. The third-order valence-electron chi connectivity index (χ3n) is 3.71. The molecule has 0 atom stereocenters. The Morgan fingerprint density at radius 3 is 2.68 bits per heavy atom. The van der Waals surface area contributed by atoms with Gasteiger partial charge < -0.3 is 14.2 Å². The van der Waals surface area contributed by atoms with Gasteiger partial charge in [0, 0.05) is 12.3 Å². The van der Waals surface area contributed by atoms with Crippen LogP contribution in [0.5, 0.6) is 23.1 Å². The summed E-state index contributed by atoms with van der Waals surface area (Å²) in [6.45, 7) is 0.176. The van der Waals surface area contributed by atoms with E-state index in [0.717, 1.165) is 0 Å². The summed E-state index contributed by atoms with van der Waals surface area (Å²) in [5, 5.41) is 0. The van der Waals surface area contributed by atoms with E-state index in [1.54, 1.807) is 36.5 Å². The Bertz CT molecular complexity index is 899. The molecule has 0 saturated heterocycles. The summed E-state index contributed by atoms with van der Waals surface area (Å²) in [5.74, 6) is 2.22. The Hall–Kier alpha value is -3.54. The van der Waals surface area contributed by atoms with Crippen molar-refractivity contribution in [3.63, 3.8) is 0 Å². The number of benzene rings is 2. The zero-order valence-electron chi connectivity index (χ0n) is 13.2. The third-order valence-corrected chi connectivity index (χ3v) is 3.71. The van der Waals surface area contributed by atoms with Crippen LogP contribution in [0, 0.1) is 0 Å². The molecule has 124 valence electrons. The molecule has 0 spiro atoms. The highest BCUT2D eigenvalue weighted by atomic mass is 16.7. The van der Waals surface area contributed by atoms with E-state index in [0.29, 0.717) is 40.9 Å². The van der Waals surface area contributed by atoms with Gasteiger partial charge in [-0.3, -0.25) is 9.69 Å². The lowest BCUT2D eigenvalue weighted by molar-refractivity contribution is -0.106. The number of ether oxygens (including phenoxy) is 3.